The van der Waals surface area contributed by atoms with Crippen molar-refractivity contribution in [1.82, 2.24) is 4.90 Å². The maximum Gasteiger partial charge on any atom is 0.0343 e. The molecule has 0 amide bonds. The van der Waals surface area contributed by atoms with E-state index in [1.807, 2.05) is 0 Å². The van der Waals surface area contributed by atoms with Crippen LogP contribution in [-0.4, -0.2) is 31.1 Å². The predicted molar refractivity (Wildman–Crippen MR) is 74.5 cm³/mol. The van der Waals surface area contributed by atoms with E-state index in [1.54, 1.807) is 0 Å². The van der Waals surface area contributed by atoms with Crippen LogP contribution in [0.4, 0.5) is 5.69 Å². The van der Waals surface area contributed by atoms with Crippen molar-refractivity contribution in [3.63, 3.8) is 0 Å². The molecule has 2 nitrogen and oxygen atoms in total. The van der Waals surface area contributed by atoms with E-state index in [-0.39, 0.29) is 0 Å². The van der Waals surface area contributed by atoms with E-state index >= 15 is 0 Å². The molecule has 1 aromatic rings. The Balaban J connectivity index is 1.73. The van der Waals surface area contributed by atoms with Crippen molar-refractivity contribution in [2.45, 2.75) is 27.2 Å². The second-order valence-electron chi connectivity index (χ2n) is 5.99. The van der Waals surface area contributed by atoms with Gasteiger partial charge in [-0.3, -0.25) is 0 Å². The maximum atomic E-state index is 3.50. The van der Waals surface area contributed by atoms with Gasteiger partial charge in [-0.1, -0.05) is 26.0 Å². The van der Waals surface area contributed by atoms with E-state index in [9.17, 15) is 0 Å². The molecule has 2 heteroatoms. The Labute approximate surface area is 105 Å². The van der Waals surface area contributed by atoms with Gasteiger partial charge in [0.25, 0.3) is 0 Å². The SMILES string of the molecule is Cc1cccc(NCCN2CCC(C)(C)C2)c1. The van der Waals surface area contributed by atoms with Crippen molar-refractivity contribution in [2.24, 2.45) is 5.41 Å². The second-order valence-corrected chi connectivity index (χ2v) is 5.99. The summed E-state index contributed by atoms with van der Waals surface area (Å²) in [5.74, 6) is 0. The van der Waals surface area contributed by atoms with Gasteiger partial charge in [-0.2, -0.15) is 0 Å². The van der Waals surface area contributed by atoms with E-state index in [4.69, 9.17) is 0 Å². The molecular weight excluding hydrogens is 208 g/mol. The monoisotopic (exact) mass is 232 g/mol. The van der Waals surface area contributed by atoms with Gasteiger partial charge >= 0.3 is 0 Å². The number of nitrogens with one attached hydrogen (secondary N) is 1. The third-order valence-corrected chi connectivity index (χ3v) is 3.53. The summed E-state index contributed by atoms with van der Waals surface area (Å²) in [5.41, 5.74) is 3.07. The minimum absolute atomic E-state index is 0.517. The average molecular weight is 232 g/mol. The smallest absolute Gasteiger partial charge is 0.0343 e. The Morgan fingerprint density at radius 1 is 1.35 bits per heavy atom. The number of likely N-dealkylation sites (tertiary alicyclic amines) is 1. The van der Waals surface area contributed by atoms with Crippen LogP contribution in [0.1, 0.15) is 25.8 Å². The summed E-state index contributed by atoms with van der Waals surface area (Å²) < 4.78 is 0. The topological polar surface area (TPSA) is 15.3 Å². The molecule has 0 aromatic heterocycles. The van der Waals surface area contributed by atoms with Crippen molar-refractivity contribution < 1.29 is 0 Å². The first-order valence-corrected chi connectivity index (χ1v) is 6.58. The standard InChI is InChI=1S/C15H24N2/c1-13-5-4-6-14(11-13)16-8-10-17-9-7-15(2,3)12-17/h4-6,11,16H,7-10,12H2,1-3H3. The predicted octanol–water partition coefficient (Wildman–Crippen LogP) is 3.14. The van der Waals surface area contributed by atoms with Crippen molar-refractivity contribution in [3.05, 3.63) is 29.8 Å². The van der Waals surface area contributed by atoms with E-state index in [1.165, 1.54) is 30.8 Å². The zero-order valence-electron chi connectivity index (χ0n) is 11.3. The van der Waals surface area contributed by atoms with Crippen LogP contribution in [0.5, 0.6) is 0 Å². The lowest BCUT2D eigenvalue weighted by Crippen LogP contribution is -2.28. The molecule has 0 bridgehead atoms. The zero-order valence-corrected chi connectivity index (χ0v) is 11.3. The number of hydrogen-bond donors (Lipinski definition) is 1. The minimum Gasteiger partial charge on any atom is -0.384 e. The number of rotatable bonds is 4. The first-order chi connectivity index (χ1) is 8.05. The number of benzene rings is 1. The van der Waals surface area contributed by atoms with Crippen LogP contribution in [-0.2, 0) is 0 Å². The van der Waals surface area contributed by atoms with Crippen LogP contribution in [0.25, 0.3) is 0 Å². The van der Waals surface area contributed by atoms with Crippen LogP contribution in [0.2, 0.25) is 0 Å². The molecule has 1 aliphatic rings. The molecule has 1 saturated heterocycles. The van der Waals surface area contributed by atoms with Crippen molar-refractivity contribution in [3.8, 4) is 0 Å². The highest BCUT2D eigenvalue weighted by molar-refractivity contribution is 5.45. The molecule has 0 atom stereocenters. The number of aryl methyl sites for hydroxylation is 1. The van der Waals surface area contributed by atoms with Crippen molar-refractivity contribution in [2.75, 3.05) is 31.5 Å². The van der Waals surface area contributed by atoms with Gasteiger partial charge in [0.05, 0.1) is 0 Å². The summed E-state index contributed by atoms with van der Waals surface area (Å²) in [5, 5.41) is 3.50. The highest BCUT2D eigenvalue weighted by Gasteiger charge is 2.28. The lowest BCUT2D eigenvalue weighted by Gasteiger charge is -2.20. The van der Waals surface area contributed by atoms with Gasteiger partial charge in [-0.05, 0) is 43.0 Å². The first kappa shape index (κ1) is 12.4. The second kappa shape index (κ2) is 5.09. The van der Waals surface area contributed by atoms with Gasteiger partial charge in [-0.15, -0.1) is 0 Å². The van der Waals surface area contributed by atoms with Crippen molar-refractivity contribution in [1.29, 1.82) is 0 Å². The highest BCUT2D eigenvalue weighted by Crippen LogP contribution is 2.28. The molecule has 1 fully saturated rings. The van der Waals surface area contributed by atoms with E-state index in [0.717, 1.165) is 13.1 Å². The van der Waals surface area contributed by atoms with Crippen LogP contribution in [0.15, 0.2) is 24.3 Å². The summed E-state index contributed by atoms with van der Waals surface area (Å²) in [7, 11) is 0. The molecule has 94 valence electrons. The highest BCUT2D eigenvalue weighted by atomic mass is 15.2. The number of hydrogen-bond acceptors (Lipinski definition) is 2. The van der Waals surface area contributed by atoms with Crippen LogP contribution in [0.3, 0.4) is 0 Å². The van der Waals surface area contributed by atoms with E-state index in [0.29, 0.717) is 5.41 Å². The summed E-state index contributed by atoms with van der Waals surface area (Å²) in [6.45, 7) is 11.5. The van der Waals surface area contributed by atoms with E-state index < -0.39 is 0 Å². The molecule has 1 aliphatic heterocycles. The Morgan fingerprint density at radius 3 is 2.82 bits per heavy atom. The Morgan fingerprint density at radius 2 is 2.18 bits per heavy atom. The maximum absolute atomic E-state index is 3.50. The fraction of sp³-hybridized carbons (Fsp3) is 0.600. The molecule has 0 spiro atoms. The Bertz CT molecular complexity index is 371. The quantitative estimate of drug-likeness (QED) is 0.858. The molecule has 2 rings (SSSR count). The van der Waals surface area contributed by atoms with Gasteiger partial charge in [-0.25, -0.2) is 0 Å². The lowest BCUT2D eigenvalue weighted by atomic mass is 9.93. The van der Waals surface area contributed by atoms with E-state index in [2.05, 4.69) is 55.3 Å². The normalized spacial score (nSPS) is 19.5. The third kappa shape index (κ3) is 3.74. The lowest BCUT2D eigenvalue weighted by molar-refractivity contribution is 0.300. The molecule has 0 unspecified atom stereocenters. The minimum atomic E-state index is 0.517. The third-order valence-electron chi connectivity index (χ3n) is 3.53. The molecule has 0 saturated carbocycles. The molecule has 0 radical (unpaired) electrons. The van der Waals surface area contributed by atoms with Crippen LogP contribution < -0.4 is 5.32 Å². The van der Waals surface area contributed by atoms with Gasteiger partial charge in [0.15, 0.2) is 0 Å². The zero-order chi connectivity index (χ0) is 12.3. The van der Waals surface area contributed by atoms with Crippen molar-refractivity contribution >= 4 is 5.69 Å². The van der Waals surface area contributed by atoms with Gasteiger partial charge < -0.3 is 10.2 Å². The van der Waals surface area contributed by atoms with Gasteiger partial charge in [0.2, 0.25) is 0 Å². The van der Waals surface area contributed by atoms with Crippen LogP contribution >= 0.6 is 0 Å². The Kier molecular flexibility index (Phi) is 3.72. The van der Waals surface area contributed by atoms with Crippen LogP contribution in [0, 0.1) is 12.3 Å². The summed E-state index contributed by atoms with van der Waals surface area (Å²) in [4.78, 5) is 2.56. The molecule has 17 heavy (non-hydrogen) atoms. The summed E-state index contributed by atoms with van der Waals surface area (Å²) in [6, 6.07) is 8.58. The average Bonchev–Trinajstić information content (AvgIpc) is 2.58. The fourth-order valence-corrected chi connectivity index (χ4v) is 2.53. The molecule has 1 heterocycles. The molecule has 1 aromatic carbocycles. The largest absolute Gasteiger partial charge is 0.384 e. The number of nitrogens with zero attached hydrogens (tertiary/aromatic N) is 1. The molecule has 0 aliphatic carbocycles. The fourth-order valence-electron chi connectivity index (χ4n) is 2.53. The Hall–Kier alpha value is -1.02. The first-order valence-electron chi connectivity index (χ1n) is 6.58. The van der Waals surface area contributed by atoms with Gasteiger partial charge in [0, 0.05) is 25.3 Å². The summed E-state index contributed by atoms with van der Waals surface area (Å²) >= 11 is 0. The molecular formula is C15H24N2. The van der Waals surface area contributed by atoms with Gasteiger partial charge in [0.1, 0.15) is 0 Å². The number of anilines is 1. The summed E-state index contributed by atoms with van der Waals surface area (Å²) in [6.07, 6.45) is 1.33. The molecule has 1 N–H and O–H groups in total.